The Morgan fingerprint density at radius 2 is 2.44 bits per heavy atom. The van der Waals surface area contributed by atoms with Crippen molar-refractivity contribution >= 4 is 5.91 Å². The minimum atomic E-state index is -0.443. The van der Waals surface area contributed by atoms with E-state index in [4.69, 9.17) is 0 Å². The Morgan fingerprint density at radius 1 is 1.69 bits per heavy atom. The van der Waals surface area contributed by atoms with E-state index >= 15 is 0 Å². The maximum Gasteiger partial charge on any atom is 0.222 e. The first-order valence-electron chi connectivity index (χ1n) is 5.78. The van der Waals surface area contributed by atoms with E-state index in [0.29, 0.717) is 19.0 Å². The van der Waals surface area contributed by atoms with Gasteiger partial charge in [0.25, 0.3) is 0 Å². The Kier molecular flexibility index (Phi) is 3.29. The number of amides is 1. The molecule has 1 saturated carbocycles. The van der Waals surface area contributed by atoms with Crippen LogP contribution >= 0.6 is 0 Å². The van der Waals surface area contributed by atoms with Crippen LogP contribution in [0.25, 0.3) is 0 Å². The zero-order valence-corrected chi connectivity index (χ0v) is 9.52. The first-order valence-corrected chi connectivity index (χ1v) is 5.78. The minimum absolute atomic E-state index is 0.120. The smallest absolute Gasteiger partial charge is 0.222 e. The standard InChI is InChI=1S/C12H18N2O2/c1-9(15)10-4-6-14(8-10)7-5-12(16)13-11-2-3-11/h4,6,8-9,11,15H,2-3,5,7H2,1H3,(H,13,16). The van der Waals surface area contributed by atoms with E-state index in [0.717, 1.165) is 18.4 Å². The molecule has 1 aliphatic rings. The molecule has 1 heterocycles. The van der Waals surface area contributed by atoms with Crippen molar-refractivity contribution in [1.29, 1.82) is 0 Å². The van der Waals surface area contributed by atoms with Crippen molar-refractivity contribution in [1.82, 2.24) is 9.88 Å². The van der Waals surface area contributed by atoms with E-state index in [-0.39, 0.29) is 5.91 Å². The van der Waals surface area contributed by atoms with Crippen LogP contribution in [0.3, 0.4) is 0 Å². The largest absolute Gasteiger partial charge is 0.389 e. The zero-order chi connectivity index (χ0) is 11.5. The molecule has 2 N–H and O–H groups in total. The first-order chi connectivity index (χ1) is 7.65. The summed E-state index contributed by atoms with van der Waals surface area (Å²) in [5, 5.41) is 12.3. The number of carbonyl (C=O) groups is 1. The SMILES string of the molecule is CC(O)c1ccn(CCC(=O)NC2CC2)c1. The second-order valence-corrected chi connectivity index (χ2v) is 4.45. The van der Waals surface area contributed by atoms with Crippen molar-refractivity contribution < 1.29 is 9.90 Å². The number of aliphatic hydroxyl groups excluding tert-OH is 1. The minimum Gasteiger partial charge on any atom is -0.389 e. The van der Waals surface area contributed by atoms with Gasteiger partial charge in [-0.2, -0.15) is 0 Å². The van der Waals surface area contributed by atoms with Gasteiger partial charge in [-0.05, 0) is 31.4 Å². The number of hydrogen-bond donors (Lipinski definition) is 2. The van der Waals surface area contributed by atoms with Crippen molar-refractivity contribution in [3.8, 4) is 0 Å². The van der Waals surface area contributed by atoms with Crippen LogP contribution in [0.15, 0.2) is 18.5 Å². The second-order valence-electron chi connectivity index (χ2n) is 4.45. The van der Waals surface area contributed by atoms with Crippen LogP contribution in [-0.2, 0) is 11.3 Å². The third kappa shape index (κ3) is 3.10. The van der Waals surface area contributed by atoms with E-state index < -0.39 is 6.10 Å². The Hall–Kier alpha value is -1.29. The van der Waals surface area contributed by atoms with Crippen molar-refractivity contribution in [2.45, 2.75) is 44.9 Å². The summed E-state index contributed by atoms with van der Waals surface area (Å²) >= 11 is 0. The molecule has 0 aliphatic heterocycles. The normalized spacial score (nSPS) is 17.1. The second kappa shape index (κ2) is 4.70. The van der Waals surface area contributed by atoms with Crippen molar-refractivity contribution in [3.05, 3.63) is 24.0 Å². The predicted octanol–water partition coefficient (Wildman–Crippen LogP) is 1.21. The molecule has 1 fully saturated rings. The lowest BCUT2D eigenvalue weighted by atomic mass is 10.2. The monoisotopic (exact) mass is 222 g/mol. The fourth-order valence-corrected chi connectivity index (χ4v) is 1.60. The van der Waals surface area contributed by atoms with Crippen LogP contribution < -0.4 is 5.32 Å². The summed E-state index contributed by atoms with van der Waals surface area (Å²) < 4.78 is 1.94. The summed E-state index contributed by atoms with van der Waals surface area (Å²) in [5.41, 5.74) is 0.891. The van der Waals surface area contributed by atoms with Gasteiger partial charge in [0, 0.05) is 31.4 Å². The molecule has 2 rings (SSSR count). The summed E-state index contributed by atoms with van der Waals surface area (Å²) in [6.07, 6.45) is 6.09. The van der Waals surface area contributed by atoms with Crippen LogP contribution in [0.1, 0.15) is 37.9 Å². The number of aryl methyl sites for hydroxylation is 1. The molecule has 0 radical (unpaired) electrons. The Balaban J connectivity index is 1.77. The van der Waals surface area contributed by atoms with Gasteiger partial charge in [0.15, 0.2) is 0 Å². The highest BCUT2D eigenvalue weighted by Crippen LogP contribution is 2.18. The fraction of sp³-hybridized carbons (Fsp3) is 0.583. The molecular weight excluding hydrogens is 204 g/mol. The molecule has 16 heavy (non-hydrogen) atoms. The van der Waals surface area contributed by atoms with Gasteiger partial charge >= 0.3 is 0 Å². The van der Waals surface area contributed by atoms with E-state index in [2.05, 4.69) is 5.32 Å². The van der Waals surface area contributed by atoms with Gasteiger partial charge in [0.1, 0.15) is 0 Å². The molecule has 0 bridgehead atoms. The molecule has 4 heteroatoms. The van der Waals surface area contributed by atoms with Gasteiger partial charge < -0.3 is 15.0 Å². The lowest BCUT2D eigenvalue weighted by molar-refractivity contribution is -0.121. The van der Waals surface area contributed by atoms with Gasteiger partial charge in [-0.25, -0.2) is 0 Å². The first kappa shape index (κ1) is 11.2. The van der Waals surface area contributed by atoms with E-state index in [1.165, 1.54) is 0 Å². The number of nitrogens with zero attached hydrogens (tertiary/aromatic N) is 1. The lowest BCUT2D eigenvalue weighted by Crippen LogP contribution is -2.26. The molecule has 1 aliphatic carbocycles. The molecule has 0 aromatic carbocycles. The van der Waals surface area contributed by atoms with Gasteiger partial charge in [0.05, 0.1) is 6.10 Å². The molecular formula is C12H18N2O2. The van der Waals surface area contributed by atoms with Gasteiger partial charge in [0.2, 0.25) is 5.91 Å². The molecule has 0 spiro atoms. The van der Waals surface area contributed by atoms with Crippen LogP contribution in [0, 0.1) is 0 Å². The van der Waals surface area contributed by atoms with Crippen LogP contribution in [0.5, 0.6) is 0 Å². The number of hydrogen-bond acceptors (Lipinski definition) is 2. The Labute approximate surface area is 95.3 Å². The highest BCUT2D eigenvalue weighted by atomic mass is 16.3. The van der Waals surface area contributed by atoms with Gasteiger partial charge in [-0.15, -0.1) is 0 Å². The van der Waals surface area contributed by atoms with Crippen LogP contribution in [0.2, 0.25) is 0 Å². The molecule has 1 aromatic heterocycles. The summed E-state index contributed by atoms with van der Waals surface area (Å²) in [6.45, 7) is 2.41. The van der Waals surface area contributed by atoms with Crippen LogP contribution in [-0.4, -0.2) is 21.6 Å². The average Bonchev–Trinajstić information content (AvgIpc) is 2.91. The number of rotatable bonds is 5. The van der Waals surface area contributed by atoms with Gasteiger partial charge in [-0.1, -0.05) is 0 Å². The third-order valence-electron chi connectivity index (χ3n) is 2.80. The molecule has 1 amide bonds. The van der Waals surface area contributed by atoms with E-state index in [1.54, 1.807) is 6.92 Å². The Morgan fingerprint density at radius 3 is 3.00 bits per heavy atom. The predicted molar refractivity (Wildman–Crippen MR) is 60.8 cm³/mol. The van der Waals surface area contributed by atoms with E-state index in [1.807, 2.05) is 23.0 Å². The third-order valence-corrected chi connectivity index (χ3v) is 2.80. The molecule has 1 atom stereocenters. The molecule has 1 aromatic rings. The maximum absolute atomic E-state index is 11.4. The summed E-state index contributed by atoms with van der Waals surface area (Å²) in [5.74, 6) is 0.120. The summed E-state index contributed by atoms with van der Waals surface area (Å²) in [7, 11) is 0. The maximum atomic E-state index is 11.4. The van der Waals surface area contributed by atoms with Crippen molar-refractivity contribution in [3.63, 3.8) is 0 Å². The highest BCUT2D eigenvalue weighted by Gasteiger charge is 2.22. The lowest BCUT2D eigenvalue weighted by Gasteiger charge is -2.04. The fourth-order valence-electron chi connectivity index (χ4n) is 1.60. The molecule has 0 saturated heterocycles. The topological polar surface area (TPSA) is 54.3 Å². The highest BCUT2D eigenvalue weighted by molar-refractivity contribution is 5.76. The number of carbonyl (C=O) groups excluding carboxylic acids is 1. The number of aliphatic hydroxyl groups is 1. The van der Waals surface area contributed by atoms with Crippen molar-refractivity contribution in [2.24, 2.45) is 0 Å². The number of aromatic nitrogens is 1. The summed E-state index contributed by atoms with van der Waals surface area (Å²) in [4.78, 5) is 11.4. The number of nitrogens with one attached hydrogen (secondary N) is 1. The molecule has 88 valence electrons. The van der Waals surface area contributed by atoms with Crippen LogP contribution in [0.4, 0.5) is 0 Å². The van der Waals surface area contributed by atoms with Gasteiger partial charge in [-0.3, -0.25) is 4.79 Å². The average molecular weight is 222 g/mol. The quantitative estimate of drug-likeness (QED) is 0.786. The Bertz CT molecular complexity index is 367. The van der Waals surface area contributed by atoms with Crippen molar-refractivity contribution in [2.75, 3.05) is 0 Å². The molecule has 1 unspecified atom stereocenters. The molecule has 4 nitrogen and oxygen atoms in total. The summed E-state index contributed by atoms with van der Waals surface area (Å²) in [6, 6.07) is 2.31. The zero-order valence-electron chi connectivity index (χ0n) is 9.52. The van der Waals surface area contributed by atoms with E-state index in [9.17, 15) is 9.90 Å².